The highest BCUT2D eigenvalue weighted by atomic mass is 15.0. The van der Waals surface area contributed by atoms with Crippen LogP contribution in [0.15, 0.2) is 18.5 Å². The maximum absolute atomic E-state index is 3.40. The normalized spacial score (nSPS) is 13.2. The summed E-state index contributed by atoms with van der Waals surface area (Å²) in [6.07, 6.45) is 5.59. The van der Waals surface area contributed by atoms with Crippen molar-refractivity contribution in [2.75, 3.05) is 6.54 Å². The maximum atomic E-state index is 3.40. The number of aromatic nitrogens is 1. The van der Waals surface area contributed by atoms with Gasteiger partial charge in [0, 0.05) is 25.0 Å². The van der Waals surface area contributed by atoms with Crippen molar-refractivity contribution in [3.8, 4) is 0 Å². The lowest BCUT2D eigenvalue weighted by atomic mass is 10.2. The smallest absolute Gasteiger partial charge is 0.0306 e. The van der Waals surface area contributed by atoms with Crippen molar-refractivity contribution >= 4 is 0 Å². The van der Waals surface area contributed by atoms with E-state index >= 15 is 0 Å². The van der Waals surface area contributed by atoms with Crippen molar-refractivity contribution in [2.45, 2.75) is 39.8 Å². The van der Waals surface area contributed by atoms with Crippen LogP contribution in [-0.4, -0.2) is 11.1 Å². The number of aryl methyl sites for hydroxylation is 1. The summed E-state index contributed by atoms with van der Waals surface area (Å²) in [5.41, 5.74) is 1.38. The summed E-state index contributed by atoms with van der Waals surface area (Å²) < 4.78 is 2.25. The van der Waals surface area contributed by atoms with E-state index in [1.165, 1.54) is 12.0 Å². The van der Waals surface area contributed by atoms with Crippen LogP contribution in [0.25, 0.3) is 0 Å². The molecule has 0 aliphatic carbocycles. The molecule has 1 heterocycles. The minimum atomic E-state index is 0.475. The van der Waals surface area contributed by atoms with Crippen molar-refractivity contribution in [1.82, 2.24) is 9.88 Å². The van der Waals surface area contributed by atoms with Gasteiger partial charge in [0.05, 0.1) is 0 Å². The minimum Gasteiger partial charge on any atom is -0.354 e. The second-order valence-electron chi connectivity index (χ2n) is 3.46. The molecule has 0 saturated carbocycles. The van der Waals surface area contributed by atoms with Crippen LogP contribution in [0.4, 0.5) is 0 Å². The fourth-order valence-corrected chi connectivity index (χ4v) is 1.54. The van der Waals surface area contributed by atoms with Gasteiger partial charge in [-0.2, -0.15) is 0 Å². The Labute approximate surface area is 81.0 Å². The molecule has 0 aliphatic rings. The summed E-state index contributed by atoms with van der Waals surface area (Å²) in [7, 11) is 0. The molecule has 0 bridgehead atoms. The lowest BCUT2D eigenvalue weighted by Crippen LogP contribution is -2.17. The molecule has 74 valence electrons. The predicted molar refractivity (Wildman–Crippen MR) is 56.8 cm³/mol. The number of hydrogen-bond donors (Lipinski definition) is 1. The molecule has 0 amide bonds. The van der Waals surface area contributed by atoms with E-state index < -0.39 is 0 Å². The van der Waals surface area contributed by atoms with Crippen molar-refractivity contribution in [2.24, 2.45) is 0 Å². The van der Waals surface area contributed by atoms with Crippen LogP contribution in [0.3, 0.4) is 0 Å². The van der Waals surface area contributed by atoms with Crippen molar-refractivity contribution in [1.29, 1.82) is 0 Å². The second-order valence-corrected chi connectivity index (χ2v) is 3.46. The Hall–Kier alpha value is -0.760. The highest BCUT2D eigenvalue weighted by Gasteiger charge is 2.04. The summed E-state index contributed by atoms with van der Waals surface area (Å²) in [6, 6.07) is 2.67. The van der Waals surface area contributed by atoms with Crippen LogP contribution < -0.4 is 5.32 Å². The third-order valence-electron chi connectivity index (χ3n) is 2.27. The molecule has 2 nitrogen and oxygen atoms in total. The molecule has 1 aromatic heterocycles. The molecule has 0 saturated heterocycles. The molecule has 0 aromatic carbocycles. The van der Waals surface area contributed by atoms with Gasteiger partial charge in [0.1, 0.15) is 0 Å². The molecule has 2 heteroatoms. The van der Waals surface area contributed by atoms with E-state index in [-0.39, 0.29) is 0 Å². The van der Waals surface area contributed by atoms with Gasteiger partial charge in [-0.1, -0.05) is 13.8 Å². The largest absolute Gasteiger partial charge is 0.354 e. The standard InChI is InChI=1S/C11H20N2/c1-4-7-13-8-6-11(9-13)10(3)12-5-2/h6,8-10,12H,4-5,7H2,1-3H3. The maximum Gasteiger partial charge on any atom is 0.0306 e. The Bertz CT molecular complexity index is 240. The monoisotopic (exact) mass is 180 g/mol. The topological polar surface area (TPSA) is 17.0 Å². The van der Waals surface area contributed by atoms with E-state index in [0.29, 0.717) is 6.04 Å². The first-order valence-electron chi connectivity index (χ1n) is 5.17. The summed E-state index contributed by atoms with van der Waals surface area (Å²) in [5, 5.41) is 3.40. The lowest BCUT2D eigenvalue weighted by Gasteiger charge is -2.09. The molecule has 1 unspecified atom stereocenters. The highest BCUT2D eigenvalue weighted by Crippen LogP contribution is 2.12. The number of hydrogen-bond acceptors (Lipinski definition) is 1. The zero-order chi connectivity index (χ0) is 9.68. The summed E-state index contributed by atoms with van der Waals surface area (Å²) in [4.78, 5) is 0. The van der Waals surface area contributed by atoms with Gasteiger partial charge in [-0.05, 0) is 31.5 Å². The van der Waals surface area contributed by atoms with Crippen LogP contribution in [-0.2, 0) is 6.54 Å². The van der Waals surface area contributed by atoms with Crippen LogP contribution in [0.2, 0.25) is 0 Å². The molecule has 1 aromatic rings. The first-order valence-corrected chi connectivity index (χ1v) is 5.17. The zero-order valence-corrected chi connectivity index (χ0v) is 8.88. The van der Waals surface area contributed by atoms with Gasteiger partial charge in [0.2, 0.25) is 0 Å². The fourth-order valence-electron chi connectivity index (χ4n) is 1.54. The molecule has 1 atom stereocenters. The van der Waals surface area contributed by atoms with E-state index in [1.54, 1.807) is 0 Å². The molecule has 0 spiro atoms. The summed E-state index contributed by atoms with van der Waals surface area (Å²) in [5.74, 6) is 0. The van der Waals surface area contributed by atoms with Crippen LogP contribution in [0.1, 0.15) is 38.8 Å². The fraction of sp³-hybridized carbons (Fsp3) is 0.636. The molecule has 0 aliphatic heterocycles. The van der Waals surface area contributed by atoms with Gasteiger partial charge >= 0.3 is 0 Å². The van der Waals surface area contributed by atoms with Crippen LogP contribution in [0, 0.1) is 0 Å². The SMILES string of the molecule is CCCn1ccc(C(C)NCC)c1. The third-order valence-corrected chi connectivity index (χ3v) is 2.27. The van der Waals surface area contributed by atoms with Gasteiger partial charge in [0.15, 0.2) is 0 Å². The molecule has 0 radical (unpaired) electrons. The Balaban J connectivity index is 2.56. The van der Waals surface area contributed by atoms with Gasteiger partial charge in [-0.15, -0.1) is 0 Å². The van der Waals surface area contributed by atoms with Crippen LogP contribution >= 0.6 is 0 Å². The molecular weight excluding hydrogens is 160 g/mol. The van der Waals surface area contributed by atoms with Crippen molar-refractivity contribution in [3.63, 3.8) is 0 Å². The average Bonchev–Trinajstić information content (AvgIpc) is 2.54. The molecule has 13 heavy (non-hydrogen) atoms. The highest BCUT2D eigenvalue weighted by molar-refractivity contribution is 5.14. The first kappa shape index (κ1) is 10.3. The van der Waals surface area contributed by atoms with E-state index in [0.717, 1.165) is 13.1 Å². The molecule has 1 N–H and O–H groups in total. The minimum absolute atomic E-state index is 0.475. The Morgan fingerprint density at radius 3 is 2.85 bits per heavy atom. The van der Waals surface area contributed by atoms with E-state index in [4.69, 9.17) is 0 Å². The van der Waals surface area contributed by atoms with Gasteiger partial charge in [-0.3, -0.25) is 0 Å². The quantitative estimate of drug-likeness (QED) is 0.737. The van der Waals surface area contributed by atoms with Gasteiger partial charge in [0.25, 0.3) is 0 Å². The van der Waals surface area contributed by atoms with E-state index in [1.807, 2.05) is 0 Å². The predicted octanol–water partition coefficient (Wildman–Crippen LogP) is 2.57. The summed E-state index contributed by atoms with van der Waals surface area (Å²) in [6.45, 7) is 8.70. The van der Waals surface area contributed by atoms with Gasteiger partial charge < -0.3 is 9.88 Å². The van der Waals surface area contributed by atoms with E-state index in [2.05, 4.69) is 49.1 Å². The van der Waals surface area contributed by atoms with Crippen molar-refractivity contribution in [3.05, 3.63) is 24.0 Å². The number of nitrogens with zero attached hydrogens (tertiary/aromatic N) is 1. The van der Waals surface area contributed by atoms with Crippen molar-refractivity contribution < 1.29 is 0 Å². The molecule has 0 fully saturated rings. The van der Waals surface area contributed by atoms with Crippen LogP contribution in [0.5, 0.6) is 0 Å². The Morgan fingerprint density at radius 2 is 2.23 bits per heavy atom. The van der Waals surface area contributed by atoms with Gasteiger partial charge in [-0.25, -0.2) is 0 Å². The lowest BCUT2D eigenvalue weighted by molar-refractivity contribution is 0.594. The molecule has 1 rings (SSSR count). The second kappa shape index (κ2) is 5.07. The first-order chi connectivity index (χ1) is 6.27. The molecular formula is C11H20N2. The van der Waals surface area contributed by atoms with E-state index in [9.17, 15) is 0 Å². The average molecular weight is 180 g/mol. The zero-order valence-electron chi connectivity index (χ0n) is 8.88. The Morgan fingerprint density at radius 1 is 1.46 bits per heavy atom. The third kappa shape index (κ3) is 2.88. The number of nitrogens with one attached hydrogen (secondary N) is 1. The Kier molecular flexibility index (Phi) is 4.03. The number of rotatable bonds is 5. The summed E-state index contributed by atoms with van der Waals surface area (Å²) >= 11 is 0.